The molecule has 1 aliphatic carbocycles. The Bertz CT molecular complexity index is 452. The normalized spacial score (nSPS) is 25.2. The van der Waals surface area contributed by atoms with Crippen molar-refractivity contribution in [3.05, 3.63) is 22.1 Å². The van der Waals surface area contributed by atoms with Gasteiger partial charge in [-0.25, -0.2) is 4.98 Å². The van der Waals surface area contributed by atoms with Crippen LogP contribution in [0.3, 0.4) is 0 Å². The number of thiazole rings is 1. The molecule has 6 heteroatoms. The first kappa shape index (κ1) is 12.9. The zero-order valence-corrected chi connectivity index (χ0v) is 11.7. The zero-order chi connectivity index (χ0) is 12.6. The minimum Gasteiger partial charge on any atom is -0.302 e. The smallest absolute Gasteiger partial charge is 0.230 e. The van der Waals surface area contributed by atoms with Crippen molar-refractivity contribution in [3.8, 4) is 0 Å². The molecule has 0 aliphatic heterocycles. The van der Waals surface area contributed by atoms with Gasteiger partial charge in [-0.15, -0.1) is 11.3 Å². The summed E-state index contributed by atoms with van der Waals surface area (Å²) in [5.74, 6) is -0.0351. The average Bonchev–Trinajstić information content (AvgIpc) is 2.64. The first-order valence-corrected chi connectivity index (χ1v) is 6.79. The summed E-state index contributed by atoms with van der Waals surface area (Å²) in [7, 11) is 0. The molecule has 1 aliphatic rings. The molecule has 92 valence electrons. The van der Waals surface area contributed by atoms with E-state index in [2.05, 4.69) is 10.3 Å². The lowest BCUT2D eigenvalue weighted by molar-refractivity contribution is -0.118. The van der Waals surface area contributed by atoms with Gasteiger partial charge in [-0.3, -0.25) is 4.79 Å². The Kier molecular flexibility index (Phi) is 3.48. The predicted molar refractivity (Wildman–Crippen MR) is 71.3 cm³/mol. The van der Waals surface area contributed by atoms with Gasteiger partial charge in [0.1, 0.15) is 4.49 Å². The van der Waals surface area contributed by atoms with Gasteiger partial charge in [0.15, 0.2) is 5.13 Å². The highest BCUT2D eigenvalue weighted by atomic mass is 35.5. The highest BCUT2D eigenvalue weighted by Crippen LogP contribution is 2.60. The van der Waals surface area contributed by atoms with Crippen molar-refractivity contribution in [2.45, 2.75) is 13.8 Å². The lowest BCUT2D eigenvalue weighted by Gasteiger charge is -2.02. The highest BCUT2D eigenvalue weighted by Gasteiger charge is 2.60. The Labute approximate surface area is 114 Å². The molecule has 0 bridgehead atoms. The van der Waals surface area contributed by atoms with Crippen LogP contribution in [-0.2, 0) is 4.79 Å². The number of hydrogen-bond donors (Lipinski definition) is 1. The molecule has 2 atom stereocenters. The first-order chi connectivity index (χ1) is 7.93. The summed E-state index contributed by atoms with van der Waals surface area (Å²) in [4.78, 5) is 16.0. The molecule has 1 N–H and O–H groups in total. The summed E-state index contributed by atoms with van der Waals surface area (Å²) >= 11 is 12.7. The largest absolute Gasteiger partial charge is 0.302 e. The third kappa shape index (κ3) is 2.64. The van der Waals surface area contributed by atoms with Gasteiger partial charge in [0.05, 0.1) is 5.92 Å². The van der Waals surface area contributed by atoms with Gasteiger partial charge in [0, 0.05) is 11.6 Å². The van der Waals surface area contributed by atoms with Gasteiger partial charge in [0.2, 0.25) is 5.91 Å². The van der Waals surface area contributed by atoms with Crippen molar-refractivity contribution in [1.29, 1.82) is 0 Å². The standard InChI is InChI=1S/C11H12Cl2N2OS/c1-11(2)6(5-7(12)13)8(11)9(16)15-10-14-3-4-17-10/h3-6,8H,1-2H3,(H,14,15,16). The SMILES string of the molecule is CC1(C)C(C=C(Cl)Cl)C1C(=O)Nc1nccs1. The lowest BCUT2D eigenvalue weighted by Crippen LogP contribution is -2.16. The van der Waals surface area contributed by atoms with Crippen LogP contribution in [0.4, 0.5) is 5.13 Å². The van der Waals surface area contributed by atoms with Gasteiger partial charge in [-0.05, 0) is 17.4 Å². The Morgan fingerprint density at radius 1 is 1.59 bits per heavy atom. The minimum absolute atomic E-state index is 0.0271. The van der Waals surface area contributed by atoms with Gasteiger partial charge >= 0.3 is 0 Å². The summed E-state index contributed by atoms with van der Waals surface area (Å²) in [5, 5.41) is 5.24. The number of rotatable bonds is 3. The Morgan fingerprint density at radius 2 is 2.29 bits per heavy atom. The van der Waals surface area contributed by atoms with E-state index >= 15 is 0 Å². The van der Waals surface area contributed by atoms with E-state index in [4.69, 9.17) is 23.2 Å². The van der Waals surface area contributed by atoms with Gasteiger partial charge < -0.3 is 5.32 Å². The number of nitrogens with one attached hydrogen (secondary N) is 1. The van der Waals surface area contributed by atoms with Crippen molar-refractivity contribution in [3.63, 3.8) is 0 Å². The molecular weight excluding hydrogens is 279 g/mol. The quantitative estimate of drug-likeness (QED) is 0.923. The molecule has 1 aromatic heterocycles. The minimum atomic E-state index is -0.101. The summed E-state index contributed by atoms with van der Waals surface area (Å²) in [6.45, 7) is 4.05. The van der Waals surface area contributed by atoms with Crippen LogP contribution in [0.1, 0.15) is 13.8 Å². The molecule has 1 fully saturated rings. The molecule has 2 rings (SSSR count). The monoisotopic (exact) mass is 290 g/mol. The zero-order valence-electron chi connectivity index (χ0n) is 9.41. The van der Waals surface area contributed by atoms with E-state index in [9.17, 15) is 4.79 Å². The van der Waals surface area contributed by atoms with E-state index in [1.54, 1.807) is 12.3 Å². The molecule has 3 nitrogen and oxygen atoms in total. The lowest BCUT2D eigenvalue weighted by atomic mass is 10.1. The Balaban J connectivity index is 2.04. The van der Waals surface area contributed by atoms with Crippen LogP contribution in [0.5, 0.6) is 0 Å². The van der Waals surface area contributed by atoms with Crippen LogP contribution < -0.4 is 5.32 Å². The van der Waals surface area contributed by atoms with Crippen molar-refractivity contribution >= 4 is 45.6 Å². The molecular formula is C11H12Cl2N2OS. The van der Waals surface area contributed by atoms with Crippen molar-refractivity contribution in [1.82, 2.24) is 4.98 Å². The second-order valence-electron chi connectivity index (χ2n) is 4.61. The molecule has 17 heavy (non-hydrogen) atoms. The summed E-state index contributed by atoms with van der Waals surface area (Å²) in [6, 6.07) is 0. The van der Waals surface area contributed by atoms with E-state index in [-0.39, 0.29) is 27.6 Å². The first-order valence-electron chi connectivity index (χ1n) is 5.16. The van der Waals surface area contributed by atoms with Crippen LogP contribution in [0, 0.1) is 17.3 Å². The number of amides is 1. The molecule has 1 heterocycles. The second-order valence-corrected chi connectivity index (χ2v) is 6.51. The summed E-state index contributed by atoms with van der Waals surface area (Å²) in [5.41, 5.74) is -0.101. The molecule has 1 aromatic rings. The third-order valence-electron chi connectivity index (χ3n) is 3.16. The van der Waals surface area contributed by atoms with Gasteiger partial charge in [-0.1, -0.05) is 37.0 Å². The van der Waals surface area contributed by atoms with Gasteiger partial charge in [0.25, 0.3) is 0 Å². The number of aromatic nitrogens is 1. The van der Waals surface area contributed by atoms with Gasteiger partial charge in [-0.2, -0.15) is 0 Å². The molecule has 2 unspecified atom stereocenters. The third-order valence-corrected chi connectivity index (χ3v) is 4.10. The Morgan fingerprint density at radius 3 is 2.82 bits per heavy atom. The van der Waals surface area contributed by atoms with Crippen LogP contribution in [-0.4, -0.2) is 10.9 Å². The van der Waals surface area contributed by atoms with E-state index < -0.39 is 0 Å². The van der Waals surface area contributed by atoms with E-state index in [0.29, 0.717) is 5.13 Å². The molecule has 0 spiro atoms. The number of carbonyl (C=O) groups excluding carboxylic acids is 1. The fraction of sp³-hybridized carbons (Fsp3) is 0.455. The van der Waals surface area contributed by atoms with Crippen molar-refractivity contribution in [2.24, 2.45) is 17.3 Å². The number of hydrogen-bond acceptors (Lipinski definition) is 3. The van der Waals surface area contributed by atoms with Crippen LogP contribution >= 0.6 is 34.5 Å². The van der Waals surface area contributed by atoms with Crippen LogP contribution in [0.15, 0.2) is 22.1 Å². The Hall–Kier alpha value is -0.580. The molecule has 1 amide bonds. The summed E-state index contributed by atoms with van der Waals surface area (Å²) < 4.78 is 0.215. The maximum absolute atomic E-state index is 12.0. The molecule has 0 aromatic carbocycles. The number of anilines is 1. The van der Waals surface area contributed by atoms with Crippen molar-refractivity contribution < 1.29 is 4.79 Å². The maximum Gasteiger partial charge on any atom is 0.230 e. The maximum atomic E-state index is 12.0. The topological polar surface area (TPSA) is 42.0 Å². The molecule has 0 saturated heterocycles. The average molecular weight is 291 g/mol. The number of carbonyl (C=O) groups is 1. The fourth-order valence-corrected chi connectivity index (χ4v) is 2.90. The van der Waals surface area contributed by atoms with Crippen molar-refractivity contribution in [2.75, 3.05) is 5.32 Å². The molecule has 1 saturated carbocycles. The number of allylic oxidation sites excluding steroid dienone is 1. The van der Waals surface area contributed by atoms with Crippen LogP contribution in [0.25, 0.3) is 0 Å². The fourth-order valence-electron chi connectivity index (χ4n) is 2.09. The summed E-state index contributed by atoms with van der Waals surface area (Å²) in [6.07, 6.45) is 3.39. The van der Waals surface area contributed by atoms with E-state index in [1.807, 2.05) is 19.2 Å². The predicted octanol–water partition coefficient (Wildman–Crippen LogP) is 3.67. The van der Waals surface area contributed by atoms with E-state index in [1.165, 1.54) is 11.3 Å². The highest BCUT2D eigenvalue weighted by molar-refractivity contribution is 7.13. The number of nitrogens with zero attached hydrogens (tertiary/aromatic N) is 1. The van der Waals surface area contributed by atoms with E-state index in [0.717, 1.165) is 0 Å². The van der Waals surface area contributed by atoms with Crippen LogP contribution in [0.2, 0.25) is 0 Å². The second kappa shape index (κ2) is 4.59. The number of halogens is 2. The molecule has 0 radical (unpaired) electrons.